The van der Waals surface area contributed by atoms with Crippen LogP contribution in [0.5, 0.6) is 5.75 Å². The highest BCUT2D eigenvalue weighted by atomic mass is 35.5. The molecule has 2 aromatic rings. The predicted octanol–water partition coefficient (Wildman–Crippen LogP) is 1.62. The molecule has 1 aromatic heterocycles. The molecule has 2 N–H and O–H groups in total. The van der Waals surface area contributed by atoms with E-state index in [1.54, 1.807) is 0 Å². The Kier molecular flexibility index (Phi) is 6.84. The van der Waals surface area contributed by atoms with E-state index in [1.165, 1.54) is 24.3 Å². The minimum Gasteiger partial charge on any atom is -0.484 e. The van der Waals surface area contributed by atoms with Crippen molar-refractivity contribution in [2.45, 2.75) is 12.7 Å². The molecule has 0 saturated carbocycles. The van der Waals surface area contributed by atoms with Crippen LogP contribution in [-0.2, 0) is 22.3 Å². The third-order valence-corrected chi connectivity index (χ3v) is 3.65. The number of nitrogens with zero attached hydrogens (tertiary/aromatic N) is 2. The van der Waals surface area contributed by atoms with E-state index in [-0.39, 0.29) is 0 Å². The van der Waals surface area contributed by atoms with Crippen LogP contribution in [0.2, 0.25) is 5.02 Å². The molecule has 0 aliphatic rings. The Labute approximate surface area is 166 Å². The second-order valence-electron chi connectivity index (χ2n) is 5.53. The van der Waals surface area contributed by atoms with E-state index in [1.807, 2.05) is 16.9 Å². The van der Waals surface area contributed by atoms with Crippen LogP contribution in [0, 0.1) is 11.3 Å². The standard InChI is InChI=1S/C17H12ClF3N4O4/c18-13-5-11(17(19,20)21)7-25(16(13)28)8-14(26)23-24-15(27)9-29-12-3-1-10(6-22)2-4-12/h1-5,7H,8-9H2,(H,23,26)(H,24,27). The van der Waals surface area contributed by atoms with Crippen molar-refractivity contribution in [1.29, 1.82) is 5.26 Å². The summed E-state index contributed by atoms with van der Waals surface area (Å²) in [6.45, 7) is -1.29. The minimum absolute atomic E-state index is 0.302. The molecule has 0 spiro atoms. The first-order chi connectivity index (χ1) is 13.6. The SMILES string of the molecule is N#Cc1ccc(OCC(=O)NNC(=O)Cn2cc(C(F)(F)F)cc(Cl)c2=O)cc1. The summed E-state index contributed by atoms with van der Waals surface area (Å²) < 4.78 is 43.9. The maximum absolute atomic E-state index is 12.8. The van der Waals surface area contributed by atoms with Gasteiger partial charge in [0.25, 0.3) is 17.4 Å². The molecule has 0 aliphatic heterocycles. The number of carbonyl (C=O) groups excluding carboxylic acids is 2. The number of hydrogen-bond acceptors (Lipinski definition) is 5. The lowest BCUT2D eigenvalue weighted by atomic mass is 10.2. The van der Waals surface area contributed by atoms with Gasteiger partial charge in [-0.2, -0.15) is 18.4 Å². The second kappa shape index (κ2) is 9.11. The maximum Gasteiger partial charge on any atom is 0.417 e. The Morgan fingerprint density at radius 1 is 1.17 bits per heavy atom. The molecule has 1 aromatic carbocycles. The van der Waals surface area contributed by atoms with E-state index in [0.717, 1.165) is 0 Å². The lowest BCUT2D eigenvalue weighted by Gasteiger charge is -2.12. The van der Waals surface area contributed by atoms with Gasteiger partial charge in [0.1, 0.15) is 17.3 Å². The maximum atomic E-state index is 12.8. The summed E-state index contributed by atoms with van der Waals surface area (Å²) in [7, 11) is 0. The van der Waals surface area contributed by atoms with Crippen molar-refractivity contribution < 1.29 is 27.5 Å². The molecule has 8 nitrogen and oxygen atoms in total. The fourth-order valence-corrected chi connectivity index (χ4v) is 2.24. The summed E-state index contributed by atoms with van der Waals surface area (Å²) in [6, 6.07) is 8.26. The zero-order valence-corrected chi connectivity index (χ0v) is 15.2. The highest BCUT2D eigenvalue weighted by Crippen LogP contribution is 2.29. The highest BCUT2D eigenvalue weighted by Gasteiger charge is 2.32. The molecule has 0 bridgehead atoms. The number of nitriles is 1. The molecule has 0 unspecified atom stereocenters. The molecular formula is C17H12ClF3N4O4. The molecule has 29 heavy (non-hydrogen) atoms. The number of alkyl halides is 3. The number of ether oxygens (including phenoxy) is 1. The van der Waals surface area contributed by atoms with Gasteiger partial charge in [-0.05, 0) is 30.3 Å². The van der Waals surface area contributed by atoms with Crippen LogP contribution in [0.1, 0.15) is 11.1 Å². The molecule has 152 valence electrons. The molecule has 1 heterocycles. The summed E-state index contributed by atoms with van der Waals surface area (Å²) in [6.07, 6.45) is -4.31. The summed E-state index contributed by atoms with van der Waals surface area (Å²) in [5, 5.41) is 7.98. The van der Waals surface area contributed by atoms with Gasteiger partial charge in [0.15, 0.2) is 6.61 Å². The van der Waals surface area contributed by atoms with Crippen LogP contribution in [-0.4, -0.2) is 23.0 Å². The Morgan fingerprint density at radius 3 is 2.38 bits per heavy atom. The van der Waals surface area contributed by atoms with Gasteiger partial charge in [-0.1, -0.05) is 11.6 Å². The van der Waals surface area contributed by atoms with Crippen LogP contribution in [0.15, 0.2) is 41.3 Å². The van der Waals surface area contributed by atoms with E-state index in [9.17, 15) is 27.6 Å². The van der Waals surface area contributed by atoms with E-state index < -0.39 is 47.3 Å². The number of hydrazine groups is 1. The largest absolute Gasteiger partial charge is 0.484 e. The molecule has 0 radical (unpaired) electrons. The third kappa shape index (κ3) is 6.25. The van der Waals surface area contributed by atoms with Crippen molar-refractivity contribution in [3.8, 4) is 11.8 Å². The van der Waals surface area contributed by atoms with Gasteiger partial charge in [0.2, 0.25) is 0 Å². The average Bonchev–Trinajstić information content (AvgIpc) is 2.67. The Bertz CT molecular complexity index is 1010. The number of benzene rings is 1. The van der Waals surface area contributed by atoms with Crippen molar-refractivity contribution in [3.63, 3.8) is 0 Å². The number of nitrogens with one attached hydrogen (secondary N) is 2. The van der Waals surface area contributed by atoms with E-state index in [0.29, 0.717) is 28.1 Å². The smallest absolute Gasteiger partial charge is 0.417 e. The van der Waals surface area contributed by atoms with Crippen molar-refractivity contribution in [1.82, 2.24) is 15.4 Å². The minimum atomic E-state index is -4.76. The van der Waals surface area contributed by atoms with Gasteiger partial charge in [-0.3, -0.25) is 25.2 Å². The number of hydrogen-bond donors (Lipinski definition) is 2. The first-order valence-corrected chi connectivity index (χ1v) is 8.16. The molecule has 2 amide bonds. The fourth-order valence-electron chi connectivity index (χ4n) is 2.02. The number of rotatable bonds is 5. The van der Waals surface area contributed by atoms with Gasteiger partial charge in [-0.25, -0.2) is 0 Å². The topological polar surface area (TPSA) is 113 Å². The first-order valence-electron chi connectivity index (χ1n) is 7.78. The van der Waals surface area contributed by atoms with Gasteiger partial charge >= 0.3 is 6.18 Å². The molecule has 2 rings (SSSR count). The van der Waals surface area contributed by atoms with Crippen LogP contribution < -0.4 is 21.1 Å². The number of pyridine rings is 1. The third-order valence-electron chi connectivity index (χ3n) is 3.38. The first kappa shape index (κ1) is 21.8. The number of amides is 2. The van der Waals surface area contributed by atoms with Gasteiger partial charge in [0, 0.05) is 6.20 Å². The normalized spacial score (nSPS) is 10.7. The lowest BCUT2D eigenvalue weighted by Crippen LogP contribution is -2.46. The van der Waals surface area contributed by atoms with Crippen molar-refractivity contribution >= 4 is 23.4 Å². The summed E-state index contributed by atoms with van der Waals surface area (Å²) in [4.78, 5) is 35.2. The zero-order chi connectivity index (χ0) is 21.6. The number of carbonyl (C=O) groups is 2. The van der Waals surface area contributed by atoms with Crippen molar-refractivity contribution in [2.24, 2.45) is 0 Å². The summed E-state index contributed by atoms with van der Waals surface area (Å²) >= 11 is 5.49. The Morgan fingerprint density at radius 2 is 1.79 bits per heavy atom. The molecule has 0 fully saturated rings. The van der Waals surface area contributed by atoms with Gasteiger partial charge in [0.05, 0.1) is 17.2 Å². The van der Waals surface area contributed by atoms with Crippen LogP contribution >= 0.6 is 11.6 Å². The second-order valence-corrected chi connectivity index (χ2v) is 5.94. The van der Waals surface area contributed by atoms with Gasteiger partial charge < -0.3 is 9.30 Å². The Balaban J connectivity index is 1.89. The molecular weight excluding hydrogens is 417 g/mol. The molecule has 0 aliphatic carbocycles. The van der Waals surface area contributed by atoms with Crippen LogP contribution in [0.25, 0.3) is 0 Å². The predicted molar refractivity (Wildman–Crippen MR) is 93.7 cm³/mol. The lowest BCUT2D eigenvalue weighted by molar-refractivity contribution is -0.138. The van der Waals surface area contributed by atoms with E-state index >= 15 is 0 Å². The van der Waals surface area contributed by atoms with Gasteiger partial charge in [-0.15, -0.1) is 0 Å². The summed E-state index contributed by atoms with van der Waals surface area (Å²) in [5.74, 6) is -1.43. The van der Waals surface area contributed by atoms with Crippen LogP contribution in [0.3, 0.4) is 0 Å². The average molecular weight is 429 g/mol. The van der Waals surface area contributed by atoms with E-state index in [4.69, 9.17) is 21.6 Å². The fraction of sp³-hybridized carbons (Fsp3) is 0.176. The Hall–Kier alpha value is -3.52. The van der Waals surface area contributed by atoms with Crippen molar-refractivity contribution in [2.75, 3.05) is 6.61 Å². The summed E-state index contributed by atoms with van der Waals surface area (Å²) in [5.41, 5.74) is 2.14. The zero-order valence-electron chi connectivity index (χ0n) is 14.4. The quantitative estimate of drug-likeness (QED) is 0.703. The van der Waals surface area contributed by atoms with E-state index in [2.05, 4.69) is 0 Å². The van der Waals surface area contributed by atoms with Crippen molar-refractivity contribution in [3.05, 3.63) is 63.0 Å². The monoisotopic (exact) mass is 428 g/mol. The highest BCUT2D eigenvalue weighted by molar-refractivity contribution is 6.30. The molecule has 0 atom stereocenters. The molecule has 0 saturated heterocycles. The number of halogens is 4. The van der Waals surface area contributed by atoms with Crippen LogP contribution in [0.4, 0.5) is 13.2 Å². The number of aromatic nitrogens is 1. The molecule has 12 heteroatoms.